The van der Waals surface area contributed by atoms with Crippen LogP contribution in [0.2, 0.25) is 5.02 Å². The second-order valence-electron chi connectivity index (χ2n) is 8.69. The molecular weight excluding hydrogens is 404 g/mol. The van der Waals surface area contributed by atoms with Gasteiger partial charge in [0.25, 0.3) is 5.91 Å². The molecule has 3 aliphatic rings. The predicted octanol–water partition coefficient (Wildman–Crippen LogP) is 4.68. The van der Waals surface area contributed by atoms with Gasteiger partial charge in [0.05, 0.1) is 4.91 Å². The summed E-state index contributed by atoms with van der Waals surface area (Å²) in [5, 5.41) is 1.00. The van der Waals surface area contributed by atoms with Crippen molar-refractivity contribution < 1.29 is 9.59 Å². The van der Waals surface area contributed by atoms with E-state index in [4.69, 9.17) is 11.6 Å². The van der Waals surface area contributed by atoms with E-state index in [1.807, 2.05) is 42.3 Å². The van der Waals surface area contributed by atoms with Gasteiger partial charge in [-0.2, -0.15) is 0 Å². The molecule has 3 fully saturated rings. The maximum absolute atomic E-state index is 13.1. The highest BCUT2D eigenvalue weighted by Gasteiger charge is 2.43. The van der Waals surface area contributed by atoms with Crippen LogP contribution < -0.4 is 0 Å². The van der Waals surface area contributed by atoms with Crippen molar-refractivity contribution in [2.24, 2.45) is 11.8 Å². The lowest BCUT2D eigenvalue weighted by atomic mass is 9.83. The number of carbonyl (C=O) groups excluding carboxylic acids is 2. The minimum absolute atomic E-state index is 0.0380. The molecule has 2 heterocycles. The van der Waals surface area contributed by atoms with Crippen LogP contribution in [0.3, 0.4) is 0 Å². The van der Waals surface area contributed by atoms with Gasteiger partial charge in [-0.3, -0.25) is 9.59 Å². The van der Waals surface area contributed by atoms with Crippen LogP contribution in [-0.2, 0) is 9.59 Å². The molecule has 6 heteroatoms. The van der Waals surface area contributed by atoms with E-state index >= 15 is 0 Å². The van der Waals surface area contributed by atoms with Gasteiger partial charge in [-0.05, 0) is 55.7 Å². The van der Waals surface area contributed by atoms with E-state index in [0.29, 0.717) is 16.2 Å². The maximum atomic E-state index is 13.1. The van der Waals surface area contributed by atoms with E-state index in [9.17, 15) is 9.59 Å². The number of likely N-dealkylation sites (tertiary alicyclic amines) is 1. The van der Waals surface area contributed by atoms with E-state index in [2.05, 4.69) is 11.8 Å². The zero-order valence-corrected chi connectivity index (χ0v) is 18.7. The summed E-state index contributed by atoms with van der Waals surface area (Å²) < 4.78 is 0. The molecule has 3 atom stereocenters. The Labute approximate surface area is 182 Å². The first-order valence-electron chi connectivity index (χ1n) is 10.6. The first-order chi connectivity index (χ1) is 13.9. The summed E-state index contributed by atoms with van der Waals surface area (Å²) in [4.78, 5) is 30.7. The van der Waals surface area contributed by atoms with Crippen molar-refractivity contribution in [3.05, 3.63) is 39.8 Å². The average molecular weight is 433 g/mol. The standard InChI is InChI=1S/C23H29ClN2O2S/c1-15-9-11-26(12-10-15)22(27)17-7-8-20-19(13-17)25(2)23(28)21(29-20)14-16-5-3-4-6-18(16)24/h3-6,14-15,17,19-20H,7-13H2,1-2H3/b21-14-. The van der Waals surface area contributed by atoms with Crippen LogP contribution in [-0.4, -0.2) is 53.0 Å². The molecule has 0 spiro atoms. The second kappa shape index (κ2) is 8.73. The number of halogens is 1. The Hall–Kier alpha value is -1.46. The summed E-state index contributed by atoms with van der Waals surface area (Å²) in [5.41, 5.74) is 0.875. The average Bonchev–Trinajstić information content (AvgIpc) is 2.73. The van der Waals surface area contributed by atoms with Crippen LogP contribution in [0, 0.1) is 11.8 Å². The highest BCUT2D eigenvalue weighted by Crippen LogP contribution is 2.44. The van der Waals surface area contributed by atoms with Crippen molar-refractivity contribution in [1.29, 1.82) is 0 Å². The van der Waals surface area contributed by atoms with Gasteiger partial charge in [0.2, 0.25) is 5.91 Å². The molecule has 1 aromatic rings. The Morgan fingerprint density at radius 2 is 1.90 bits per heavy atom. The fourth-order valence-electron chi connectivity index (χ4n) is 4.74. The number of hydrogen-bond acceptors (Lipinski definition) is 3. The number of fused-ring (bicyclic) bond motifs is 1. The van der Waals surface area contributed by atoms with E-state index < -0.39 is 0 Å². The van der Waals surface area contributed by atoms with E-state index in [1.165, 1.54) is 0 Å². The summed E-state index contributed by atoms with van der Waals surface area (Å²) in [5.74, 6) is 1.11. The molecule has 1 saturated carbocycles. The van der Waals surface area contributed by atoms with Crippen LogP contribution in [0.1, 0.15) is 44.6 Å². The summed E-state index contributed by atoms with van der Waals surface area (Å²) in [6, 6.07) is 7.73. The summed E-state index contributed by atoms with van der Waals surface area (Å²) in [6.07, 6.45) is 6.79. The Morgan fingerprint density at radius 1 is 1.17 bits per heavy atom. The van der Waals surface area contributed by atoms with Crippen molar-refractivity contribution in [3.8, 4) is 0 Å². The largest absolute Gasteiger partial charge is 0.342 e. The smallest absolute Gasteiger partial charge is 0.260 e. The Bertz CT molecular complexity index is 819. The second-order valence-corrected chi connectivity index (χ2v) is 10.4. The molecule has 29 heavy (non-hydrogen) atoms. The third-order valence-electron chi connectivity index (χ3n) is 6.70. The molecule has 1 aliphatic carbocycles. The Morgan fingerprint density at radius 3 is 2.62 bits per heavy atom. The highest BCUT2D eigenvalue weighted by atomic mass is 35.5. The lowest BCUT2D eigenvalue weighted by molar-refractivity contribution is -0.140. The third kappa shape index (κ3) is 4.36. The molecule has 156 valence electrons. The molecule has 2 saturated heterocycles. The number of amides is 2. The number of nitrogens with zero attached hydrogens (tertiary/aromatic N) is 2. The van der Waals surface area contributed by atoms with Gasteiger partial charge in [0.1, 0.15) is 0 Å². The highest BCUT2D eigenvalue weighted by molar-refractivity contribution is 8.04. The van der Waals surface area contributed by atoms with Crippen molar-refractivity contribution in [1.82, 2.24) is 9.80 Å². The molecule has 0 radical (unpaired) electrons. The number of likely N-dealkylation sites (N-methyl/N-ethyl adjacent to an activating group) is 1. The first-order valence-corrected chi connectivity index (χ1v) is 11.9. The molecule has 0 N–H and O–H groups in total. The van der Waals surface area contributed by atoms with Crippen LogP contribution in [0.5, 0.6) is 0 Å². The number of carbonyl (C=O) groups is 2. The number of rotatable bonds is 2. The van der Waals surface area contributed by atoms with Crippen LogP contribution in [0.4, 0.5) is 0 Å². The molecule has 3 unspecified atom stereocenters. The Kier molecular flexibility index (Phi) is 6.26. The monoisotopic (exact) mass is 432 g/mol. The zero-order valence-electron chi connectivity index (χ0n) is 17.1. The topological polar surface area (TPSA) is 40.6 Å². The summed E-state index contributed by atoms with van der Waals surface area (Å²) in [7, 11) is 1.88. The van der Waals surface area contributed by atoms with Crippen molar-refractivity contribution >= 4 is 41.3 Å². The van der Waals surface area contributed by atoms with Crippen molar-refractivity contribution in [2.75, 3.05) is 20.1 Å². The third-order valence-corrected chi connectivity index (χ3v) is 8.44. The Balaban J connectivity index is 1.45. The van der Waals surface area contributed by atoms with E-state index in [1.54, 1.807) is 11.8 Å². The minimum atomic E-state index is 0.0380. The number of thioether (sulfide) groups is 1. The normalized spacial score (nSPS) is 29.8. The van der Waals surface area contributed by atoms with Crippen molar-refractivity contribution in [2.45, 2.75) is 50.3 Å². The zero-order chi connectivity index (χ0) is 20.5. The molecule has 4 rings (SSSR count). The van der Waals surface area contributed by atoms with Crippen LogP contribution >= 0.6 is 23.4 Å². The molecule has 4 nitrogen and oxygen atoms in total. The van der Waals surface area contributed by atoms with Crippen LogP contribution in [0.15, 0.2) is 29.2 Å². The van der Waals surface area contributed by atoms with Crippen molar-refractivity contribution in [3.63, 3.8) is 0 Å². The lowest BCUT2D eigenvalue weighted by Gasteiger charge is -2.45. The summed E-state index contributed by atoms with van der Waals surface area (Å²) >= 11 is 7.95. The predicted molar refractivity (Wildman–Crippen MR) is 120 cm³/mol. The van der Waals surface area contributed by atoms with Gasteiger partial charge < -0.3 is 9.80 Å². The maximum Gasteiger partial charge on any atom is 0.260 e. The molecule has 2 aliphatic heterocycles. The first kappa shape index (κ1) is 20.8. The van der Waals surface area contributed by atoms with E-state index in [0.717, 1.165) is 61.6 Å². The van der Waals surface area contributed by atoms with Gasteiger partial charge in [-0.1, -0.05) is 36.7 Å². The number of piperidine rings is 1. The fourth-order valence-corrected chi connectivity index (χ4v) is 6.40. The van der Waals surface area contributed by atoms with Gasteiger partial charge in [-0.25, -0.2) is 0 Å². The molecule has 2 amide bonds. The van der Waals surface area contributed by atoms with Gasteiger partial charge in [0, 0.05) is 42.4 Å². The number of hydrogen-bond donors (Lipinski definition) is 0. The molecular formula is C23H29ClN2O2S. The molecule has 0 bridgehead atoms. The SMILES string of the molecule is CC1CCN(C(=O)C2CCC3S/C(=C\c4ccccc4Cl)C(=O)N(C)C3C2)CC1. The van der Waals surface area contributed by atoms with Gasteiger partial charge in [0.15, 0.2) is 0 Å². The summed E-state index contributed by atoms with van der Waals surface area (Å²) in [6.45, 7) is 4.04. The van der Waals surface area contributed by atoms with Gasteiger partial charge in [-0.15, -0.1) is 11.8 Å². The minimum Gasteiger partial charge on any atom is -0.342 e. The van der Waals surface area contributed by atoms with Gasteiger partial charge >= 0.3 is 0 Å². The molecule has 1 aromatic carbocycles. The lowest BCUT2D eigenvalue weighted by Crippen LogP contribution is -2.53. The van der Waals surface area contributed by atoms with E-state index in [-0.39, 0.29) is 17.9 Å². The molecule has 0 aromatic heterocycles. The number of benzene rings is 1. The fraction of sp³-hybridized carbons (Fsp3) is 0.565. The van der Waals surface area contributed by atoms with Crippen LogP contribution in [0.25, 0.3) is 6.08 Å². The quantitative estimate of drug-likeness (QED) is 0.637.